The van der Waals surface area contributed by atoms with Crippen molar-refractivity contribution in [3.63, 3.8) is 0 Å². The van der Waals surface area contributed by atoms with Gasteiger partial charge < -0.3 is 10.6 Å². The van der Waals surface area contributed by atoms with Gasteiger partial charge in [-0.1, -0.05) is 12.1 Å². The molecule has 0 unspecified atom stereocenters. The molecule has 4 heteroatoms. The fourth-order valence-electron chi connectivity index (χ4n) is 3.40. The van der Waals surface area contributed by atoms with Gasteiger partial charge in [-0.25, -0.2) is 4.39 Å². The van der Waals surface area contributed by atoms with E-state index in [0.717, 1.165) is 37.9 Å². The van der Waals surface area contributed by atoms with Crippen molar-refractivity contribution in [1.29, 1.82) is 0 Å². The fraction of sp³-hybridized carbons (Fsp3) is 0.611. The monoisotopic (exact) mass is 304 g/mol. The average molecular weight is 304 g/mol. The van der Waals surface area contributed by atoms with E-state index in [1.165, 1.54) is 18.9 Å². The first-order valence-corrected chi connectivity index (χ1v) is 8.41. The number of halogens is 1. The van der Waals surface area contributed by atoms with Gasteiger partial charge in [0.05, 0.1) is 0 Å². The Morgan fingerprint density at radius 3 is 2.77 bits per heavy atom. The van der Waals surface area contributed by atoms with Crippen molar-refractivity contribution >= 4 is 5.91 Å². The van der Waals surface area contributed by atoms with Crippen LogP contribution in [-0.2, 0) is 10.2 Å². The van der Waals surface area contributed by atoms with Gasteiger partial charge in [0.15, 0.2) is 0 Å². The Hall–Kier alpha value is -1.42. The SMILES string of the molecule is O=C(CCC1CCNCC1)NCC1(c2cccc(F)c2)CC1. The minimum Gasteiger partial charge on any atom is -0.355 e. The van der Waals surface area contributed by atoms with Crippen molar-refractivity contribution in [3.05, 3.63) is 35.6 Å². The standard InChI is InChI=1S/C18H25FN2O/c19-16-3-1-2-15(12-16)18(8-9-18)13-21-17(22)5-4-14-6-10-20-11-7-14/h1-3,12,14,20H,4-11,13H2,(H,21,22). The van der Waals surface area contributed by atoms with Crippen LogP contribution in [0.1, 0.15) is 44.1 Å². The smallest absolute Gasteiger partial charge is 0.220 e. The number of rotatable bonds is 6. The molecule has 1 amide bonds. The van der Waals surface area contributed by atoms with Crippen LogP contribution >= 0.6 is 0 Å². The van der Waals surface area contributed by atoms with E-state index in [2.05, 4.69) is 10.6 Å². The quantitative estimate of drug-likeness (QED) is 0.848. The molecule has 22 heavy (non-hydrogen) atoms. The summed E-state index contributed by atoms with van der Waals surface area (Å²) < 4.78 is 13.4. The Kier molecular flexibility index (Phi) is 4.77. The maximum absolute atomic E-state index is 13.4. The molecule has 1 aliphatic heterocycles. The number of carbonyl (C=O) groups is 1. The zero-order valence-corrected chi connectivity index (χ0v) is 13.0. The van der Waals surface area contributed by atoms with Crippen LogP contribution in [0.25, 0.3) is 0 Å². The molecule has 1 aromatic carbocycles. The highest BCUT2D eigenvalue weighted by atomic mass is 19.1. The minimum atomic E-state index is -0.194. The summed E-state index contributed by atoms with van der Waals surface area (Å²) in [5.74, 6) is 0.632. The summed E-state index contributed by atoms with van der Waals surface area (Å²) in [5.41, 5.74) is 0.998. The molecule has 2 aliphatic rings. The second-order valence-corrected chi connectivity index (χ2v) is 6.80. The largest absolute Gasteiger partial charge is 0.355 e. The van der Waals surface area contributed by atoms with Crippen molar-refractivity contribution in [2.24, 2.45) is 5.92 Å². The number of nitrogens with one attached hydrogen (secondary N) is 2. The van der Waals surface area contributed by atoms with Crippen LogP contribution in [0.3, 0.4) is 0 Å². The molecule has 1 saturated heterocycles. The maximum atomic E-state index is 13.4. The lowest BCUT2D eigenvalue weighted by atomic mass is 9.93. The molecular weight excluding hydrogens is 279 g/mol. The zero-order chi connectivity index (χ0) is 15.4. The molecule has 0 atom stereocenters. The zero-order valence-electron chi connectivity index (χ0n) is 13.0. The summed E-state index contributed by atoms with van der Waals surface area (Å²) in [6.07, 6.45) is 6.03. The maximum Gasteiger partial charge on any atom is 0.220 e. The number of carbonyl (C=O) groups excluding carboxylic acids is 1. The molecule has 1 saturated carbocycles. The summed E-state index contributed by atoms with van der Waals surface area (Å²) in [5, 5.41) is 6.41. The summed E-state index contributed by atoms with van der Waals surface area (Å²) >= 11 is 0. The highest BCUT2D eigenvalue weighted by molar-refractivity contribution is 5.76. The van der Waals surface area contributed by atoms with Crippen LogP contribution in [0.4, 0.5) is 4.39 Å². The van der Waals surface area contributed by atoms with E-state index < -0.39 is 0 Å². The minimum absolute atomic E-state index is 0.0213. The molecule has 120 valence electrons. The van der Waals surface area contributed by atoms with Gasteiger partial charge in [-0.15, -0.1) is 0 Å². The average Bonchev–Trinajstić information content (AvgIpc) is 3.33. The number of benzene rings is 1. The number of hydrogen-bond donors (Lipinski definition) is 2. The molecule has 1 aliphatic carbocycles. The Bertz CT molecular complexity index is 522. The van der Waals surface area contributed by atoms with Crippen LogP contribution < -0.4 is 10.6 Å². The Morgan fingerprint density at radius 1 is 1.32 bits per heavy atom. The topological polar surface area (TPSA) is 41.1 Å². The van der Waals surface area contributed by atoms with Crippen molar-refractivity contribution in [2.75, 3.05) is 19.6 Å². The third-order valence-corrected chi connectivity index (χ3v) is 5.15. The molecule has 1 aromatic rings. The Labute approximate surface area is 131 Å². The second-order valence-electron chi connectivity index (χ2n) is 6.80. The highest BCUT2D eigenvalue weighted by Gasteiger charge is 2.44. The van der Waals surface area contributed by atoms with Gasteiger partial charge in [-0.3, -0.25) is 4.79 Å². The van der Waals surface area contributed by atoms with Gasteiger partial charge in [0.1, 0.15) is 5.82 Å². The van der Waals surface area contributed by atoms with Gasteiger partial charge in [0.25, 0.3) is 0 Å². The van der Waals surface area contributed by atoms with Crippen molar-refractivity contribution in [1.82, 2.24) is 10.6 Å². The van der Waals surface area contributed by atoms with Gasteiger partial charge in [-0.2, -0.15) is 0 Å². The normalized spacial score (nSPS) is 20.6. The molecule has 3 rings (SSSR count). The lowest BCUT2D eigenvalue weighted by molar-refractivity contribution is -0.121. The van der Waals surface area contributed by atoms with E-state index >= 15 is 0 Å². The predicted molar refractivity (Wildman–Crippen MR) is 85.1 cm³/mol. The Balaban J connectivity index is 1.44. The Morgan fingerprint density at radius 2 is 2.09 bits per heavy atom. The van der Waals surface area contributed by atoms with Crippen LogP contribution in [0, 0.1) is 11.7 Å². The van der Waals surface area contributed by atoms with Crippen molar-refractivity contribution in [3.8, 4) is 0 Å². The van der Waals surface area contributed by atoms with Crippen molar-refractivity contribution < 1.29 is 9.18 Å². The van der Waals surface area contributed by atoms with E-state index in [0.29, 0.717) is 18.9 Å². The molecule has 0 spiro atoms. The first-order chi connectivity index (χ1) is 10.7. The lowest BCUT2D eigenvalue weighted by Crippen LogP contribution is -2.33. The van der Waals surface area contributed by atoms with E-state index in [1.54, 1.807) is 12.1 Å². The summed E-state index contributed by atoms with van der Waals surface area (Å²) in [7, 11) is 0. The molecule has 3 nitrogen and oxygen atoms in total. The summed E-state index contributed by atoms with van der Waals surface area (Å²) in [6, 6.07) is 6.80. The predicted octanol–water partition coefficient (Wildman–Crippen LogP) is 2.75. The van der Waals surface area contributed by atoms with Crippen LogP contribution in [0.15, 0.2) is 24.3 Å². The lowest BCUT2D eigenvalue weighted by Gasteiger charge is -2.22. The van der Waals surface area contributed by atoms with Gasteiger partial charge >= 0.3 is 0 Å². The highest BCUT2D eigenvalue weighted by Crippen LogP contribution is 2.47. The molecule has 2 N–H and O–H groups in total. The summed E-state index contributed by atoms with van der Waals surface area (Å²) in [6.45, 7) is 2.80. The second kappa shape index (κ2) is 6.78. The fourth-order valence-corrected chi connectivity index (χ4v) is 3.40. The van der Waals surface area contributed by atoms with E-state index in [4.69, 9.17) is 0 Å². The van der Waals surface area contributed by atoms with E-state index in [9.17, 15) is 9.18 Å². The summed E-state index contributed by atoms with van der Waals surface area (Å²) in [4.78, 5) is 12.1. The first kappa shape index (κ1) is 15.5. The third-order valence-electron chi connectivity index (χ3n) is 5.15. The molecule has 0 bridgehead atoms. The van der Waals surface area contributed by atoms with Crippen molar-refractivity contribution in [2.45, 2.75) is 43.9 Å². The number of hydrogen-bond acceptors (Lipinski definition) is 2. The number of amides is 1. The molecule has 0 aromatic heterocycles. The van der Waals surface area contributed by atoms with Gasteiger partial charge in [0, 0.05) is 18.4 Å². The van der Waals surface area contributed by atoms with E-state index in [-0.39, 0.29) is 17.1 Å². The third kappa shape index (κ3) is 3.86. The molecule has 1 heterocycles. The molecule has 2 fully saturated rings. The van der Waals surface area contributed by atoms with Gasteiger partial charge in [-0.05, 0) is 68.8 Å². The van der Waals surface area contributed by atoms with Crippen LogP contribution in [0.2, 0.25) is 0 Å². The first-order valence-electron chi connectivity index (χ1n) is 8.41. The van der Waals surface area contributed by atoms with Gasteiger partial charge in [0.2, 0.25) is 5.91 Å². The molecule has 0 radical (unpaired) electrons. The van der Waals surface area contributed by atoms with E-state index in [1.807, 2.05) is 6.07 Å². The molecular formula is C18H25FN2O. The van der Waals surface area contributed by atoms with Crippen LogP contribution in [0.5, 0.6) is 0 Å². The van der Waals surface area contributed by atoms with Crippen LogP contribution in [-0.4, -0.2) is 25.5 Å². The number of piperidine rings is 1.